The highest BCUT2D eigenvalue weighted by Gasteiger charge is 2.48. The summed E-state index contributed by atoms with van der Waals surface area (Å²) in [5, 5.41) is 31.5. The van der Waals surface area contributed by atoms with E-state index in [4.69, 9.17) is 11.6 Å². The average molecular weight is 389 g/mol. The monoisotopic (exact) mass is 388 g/mol. The smallest absolute Gasteiger partial charge is 0.133 e. The van der Waals surface area contributed by atoms with Gasteiger partial charge in [-0.1, -0.05) is 23.7 Å². The molecule has 1 saturated heterocycles. The van der Waals surface area contributed by atoms with Gasteiger partial charge in [0.25, 0.3) is 0 Å². The Morgan fingerprint density at radius 2 is 1.78 bits per heavy atom. The molecule has 1 saturated carbocycles. The van der Waals surface area contributed by atoms with Crippen LogP contribution in [0, 0.1) is 11.8 Å². The number of aliphatic hydroxyl groups is 2. The number of hydrogen-bond donors (Lipinski definition) is 3. The van der Waals surface area contributed by atoms with Crippen molar-refractivity contribution in [2.75, 3.05) is 19.6 Å². The number of hydrogen-bond acceptors (Lipinski definition) is 5. The second-order valence-electron chi connectivity index (χ2n) is 8.13. The van der Waals surface area contributed by atoms with Crippen molar-refractivity contribution < 1.29 is 15.3 Å². The van der Waals surface area contributed by atoms with Crippen LogP contribution in [0.15, 0.2) is 42.6 Å². The number of aliphatic hydroxyl groups excluding tert-OH is 1. The second kappa shape index (κ2) is 7.40. The normalized spacial score (nSPS) is 29.0. The maximum Gasteiger partial charge on any atom is 0.133 e. The van der Waals surface area contributed by atoms with Gasteiger partial charge in [-0.3, -0.25) is 9.88 Å². The lowest BCUT2D eigenvalue weighted by atomic mass is 9.91. The van der Waals surface area contributed by atoms with Crippen molar-refractivity contribution in [3.05, 3.63) is 58.9 Å². The predicted molar refractivity (Wildman–Crippen MR) is 104 cm³/mol. The van der Waals surface area contributed by atoms with E-state index in [2.05, 4.69) is 9.88 Å². The topological polar surface area (TPSA) is 76.8 Å². The highest BCUT2D eigenvalue weighted by atomic mass is 35.5. The number of fused-ring (bicyclic) bond motifs is 1. The quantitative estimate of drug-likeness (QED) is 0.734. The van der Waals surface area contributed by atoms with Crippen LogP contribution in [0.5, 0.6) is 5.75 Å². The predicted octanol–water partition coefficient (Wildman–Crippen LogP) is 2.79. The summed E-state index contributed by atoms with van der Waals surface area (Å²) in [4.78, 5) is 6.35. The van der Waals surface area contributed by atoms with Crippen molar-refractivity contribution in [2.45, 2.75) is 31.0 Å². The van der Waals surface area contributed by atoms with Gasteiger partial charge in [-0.15, -0.1) is 0 Å². The van der Waals surface area contributed by atoms with Crippen molar-refractivity contribution >= 4 is 11.6 Å². The van der Waals surface area contributed by atoms with Crippen LogP contribution >= 0.6 is 11.6 Å². The van der Waals surface area contributed by atoms with Gasteiger partial charge in [-0.05, 0) is 54.5 Å². The number of β-amino-alcohol motifs (C(OH)–C–C–N with tert-alkyl or cyclic N) is 1. The third-order valence-electron chi connectivity index (χ3n) is 5.93. The van der Waals surface area contributed by atoms with Gasteiger partial charge in [-0.25, -0.2) is 0 Å². The third kappa shape index (κ3) is 4.27. The summed E-state index contributed by atoms with van der Waals surface area (Å²) in [5.74, 6) is 1.02. The molecule has 3 N–H and O–H groups in total. The van der Waals surface area contributed by atoms with E-state index < -0.39 is 11.7 Å². The van der Waals surface area contributed by atoms with Crippen molar-refractivity contribution in [2.24, 2.45) is 11.8 Å². The fraction of sp³-hybridized carbons (Fsp3) is 0.476. The van der Waals surface area contributed by atoms with Gasteiger partial charge < -0.3 is 15.3 Å². The van der Waals surface area contributed by atoms with Crippen molar-refractivity contribution in [1.29, 1.82) is 0 Å². The lowest BCUT2D eigenvalue weighted by Crippen LogP contribution is -2.33. The number of nitrogens with zero attached hydrogens (tertiary/aromatic N) is 2. The van der Waals surface area contributed by atoms with Gasteiger partial charge in [0.2, 0.25) is 0 Å². The molecule has 0 amide bonds. The molecule has 0 spiro atoms. The molecule has 1 aliphatic heterocycles. The van der Waals surface area contributed by atoms with E-state index in [1.807, 2.05) is 24.3 Å². The van der Waals surface area contributed by atoms with E-state index >= 15 is 0 Å². The highest BCUT2D eigenvalue weighted by molar-refractivity contribution is 6.30. The molecule has 2 heterocycles. The summed E-state index contributed by atoms with van der Waals surface area (Å²) in [6, 6.07) is 10.9. The van der Waals surface area contributed by atoms with Crippen LogP contribution in [0.25, 0.3) is 0 Å². The fourth-order valence-corrected chi connectivity index (χ4v) is 4.89. The van der Waals surface area contributed by atoms with Crippen molar-refractivity contribution in [3.63, 3.8) is 0 Å². The van der Waals surface area contributed by atoms with Gasteiger partial charge in [0, 0.05) is 31.1 Å². The second-order valence-corrected chi connectivity index (χ2v) is 8.57. The molecular formula is C21H25ClN2O3. The van der Waals surface area contributed by atoms with Crippen molar-refractivity contribution in [3.8, 4) is 5.75 Å². The zero-order chi connectivity index (χ0) is 19.0. The van der Waals surface area contributed by atoms with Crippen LogP contribution in [-0.4, -0.2) is 50.4 Å². The summed E-state index contributed by atoms with van der Waals surface area (Å²) in [6.45, 7) is 2.31. The van der Waals surface area contributed by atoms with Crippen LogP contribution in [-0.2, 0) is 6.42 Å². The van der Waals surface area contributed by atoms with Gasteiger partial charge in [0.15, 0.2) is 0 Å². The molecule has 2 aromatic rings. The summed E-state index contributed by atoms with van der Waals surface area (Å²) in [6.07, 6.45) is 2.94. The van der Waals surface area contributed by atoms with E-state index in [1.165, 1.54) is 6.20 Å². The minimum atomic E-state index is -0.669. The zero-order valence-electron chi connectivity index (χ0n) is 15.1. The maximum atomic E-state index is 11.1. The molecule has 2 fully saturated rings. The van der Waals surface area contributed by atoms with Crippen LogP contribution in [0.3, 0.4) is 0 Å². The van der Waals surface area contributed by atoms with Crippen LogP contribution in [0.1, 0.15) is 30.2 Å². The molecule has 2 aliphatic rings. The Morgan fingerprint density at radius 1 is 1.11 bits per heavy atom. The number of halogens is 1. The Balaban J connectivity index is 1.32. The molecule has 4 rings (SSSR count). The summed E-state index contributed by atoms with van der Waals surface area (Å²) in [7, 11) is 0. The molecule has 2 unspecified atom stereocenters. The molecule has 144 valence electrons. The van der Waals surface area contributed by atoms with Crippen molar-refractivity contribution in [1.82, 2.24) is 9.88 Å². The van der Waals surface area contributed by atoms with E-state index in [9.17, 15) is 15.3 Å². The molecule has 0 radical (unpaired) electrons. The first-order valence-corrected chi connectivity index (χ1v) is 9.80. The average Bonchev–Trinajstić information content (AvgIpc) is 3.11. The first kappa shape index (κ1) is 18.7. The molecule has 5 nitrogen and oxygen atoms in total. The van der Waals surface area contributed by atoms with E-state index in [1.54, 1.807) is 12.1 Å². The summed E-state index contributed by atoms with van der Waals surface area (Å²) >= 11 is 5.95. The Morgan fingerprint density at radius 3 is 2.37 bits per heavy atom. The van der Waals surface area contributed by atoms with Gasteiger partial charge in [-0.2, -0.15) is 0 Å². The molecule has 1 aromatic heterocycles. The first-order chi connectivity index (χ1) is 12.9. The molecule has 27 heavy (non-hydrogen) atoms. The Hall–Kier alpha value is -1.66. The van der Waals surface area contributed by atoms with E-state index in [-0.39, 0.29) is 5.75 Å². The molecular weight excluding hydrogens is 364 g/mol. The first-order valence-electron chi connectivity index (χ1n) is 9.42. The zero-order valence-corrected chi connectivity index (χ0v) is 15.9. The highest BCUT2D eigenvalue weighted by Crippen LogP contribution is 2.45. The summed E-state index contributed by atoms with van der Waals surface area (Å²) < 4.78 is 0. The fourth-order valence-electron chi connectivity index (χ4n) is 4.77. The number of likely N-dealkylation sites (tertiary alicyclic amines) is 1. The largest absolute Gasteiger partial charge is 0.506 e. The lowest BCUT2D eigenvalue weighted by molar-refractivity contribution is 0.0327. The molecule has 6 heteroatoms. The Bertz CT molecular complexity index is 767. The number of benzene rings is 1. The number of aromatic nitrogens is 1. The number of rotatable bonds is 5. The maximum absolute atomic E-state index is 11.1. The minimum Gasteiger partial charge on any atom is -0.506 e. The lowest BCUT2D eigenvalue weighted by Gasteiger charge is -2.27. The van der Waals surface area contributed by atoms with Crippen LogP contribution in [0.2, 0.25) is 5.02 Å². The van der Waals surface area contributed by atoms with Gasteiger partial charge in [0.1, 0.15) is 11.9 Å². The standard InChI is InChI=1S/C21H25ClN2O3/c22-17-3-1-14(2-4-17)7-21(27)8-15-11-24(12-16(15)9-21)13-20(26)19-6-5-18(25)10-23-19/h1-6,10,15-16,20,25-27H,7-9,11-13H2/t15-,16+,20?,21?. The van der Waals surface area contributed by atoms with E-state index in [0.717, 1.165) is 31.5 Å². The molecule has 4 atom stereocenters. The minimum absolute atomic E-state index is 0.0987. The Kier molecular flexibility index (Phi) is 5.12. The molecule has 1 aromatic carbocycles. The SMILES string of the molecule is Oc1ccc(C(O)CN2C[C@@H]3CC(O)(Cc4ccc(Cl)cc4)C[C@@H]3C2)nc1. The van der Waals surface area contributed by atoms with Gasteiger partial charge in [0.05, 0.1) is 17.5 Å². The number of pyridine rings is 1. The van der Waals surface area contributed by atoms with Crippen LogP contribution in [0.4, 0.5) is 0 Å². The Labute approximate surface area is 164 Å². The molecule has 1 aliphatic carbocycles. The number of aromatic hydroxyl groups is 1. The van der Waals surface area contributed by atoms with Gasteiger partial charge >= 0.3 is 0 Å². The summed E-state index contributed by atoms with van der Waals surface area (Å²) in [5.41, 5.74) is 1.04. The van der Waals surface area contributed by atoms with Crippen LogP contribution < -0.4 is 0 Å². The van der Waals surface area contributed by atoms with E-state index in [0.29, 0.717) is 35.5 Å². The molecule has 0 bridgehead atoms. The third-order valence-corrected chi connectivity index (χ3v) is 6.18.